The lowest BCUT2D eigenvalue weighted by atomic mass is 9.55. The van der Waals surface area contributed by atoms with Crippen molar-refractivity contribution < 1.29 is 19.8 Å². The Kier molecular flexibility index (Phi) is 3.34. The SMILES string of the molecule is CC12CCC3c4ccc(O)cc4CCC3C1C/C(=C\C(=O)O)C2=O. The second-order valence-corrected chi connectivity index (χ2v) is 7.80. The Labute approximate surface area is 141 Å². The van der Waals surface area contributed by atoms with Crippen molar-refractivity contribution in [3.05, 3.63) is 41.0 Å². The first-order valence-corrected chi connectivity index (χ1v) is 8.70. The highest BCUT2D eigenvalue weighted by Gasteiger charge is 2.56. The van der Waals surface area contributed by atoms with E-state index in [1.165, 1.54) is 11.1 Å². The van der Waals surface area contributed by atoms with Gasteiger partial charge in [-0.05, 0) is 73.1 Å². The van der Waals surface area contributed by atoms with Crippen molar-refractivity contribution in [2.75, 3.05) is 0 Å². The molecule has 4 atom stereocenters. The molecule has 1 aromatic carbocycles. The number of carbonyl (C=O) groups excluding carboxylic acids is 1. The van der Waals surface area contributed by atoms with Crippen LogP contribution in [-0.4, -0.2) is 22.0 Å². The second-order valence-electron chi connectivity index (χ2n) is 7.80. The quantitative estimate of drug-likeness (QED) is 0.775. The maximum absolute atomic E-state index is 12.8. The minimum Gasteiger partial charge on any atom is -0.508 e. The van der Waals surface area contributed by atoms with Crippen LogP contribution < -0.4 is 0 Å². The van der Waals surface area contributed by atoms with Gasteiger partial charge in [0.1, 0.15) is 5.75 Å². The first-order valence-electron chi connectivity index (χ1n) is 8.70. The fourth-order valence-electron chi connectivity index (χ4n) is 5.52. The van der Waals surface area contributed by atoms with E-state index in [4.69, 9.17) is 5.11 Å². The third-order valence-corrected chi connectivity index (χ3v) is 6.65. The lowest BCUT2D eigenvalue weighted by Crippen LogP contribution is -2.42. The van der Waals surface area contributed by atoms with Gasteiger partial charge in [0.2, 0.25) is 0 Å². The molecule has 4 heteroatoms. The standard InChI is InChI=1S/C20H22O4/c1-20-7-6-15-14-5-3-13(21)8-11(14)2-4-16(15)17(20)9-12(19(20)24)10-18(22)23/h3,5,8,10,15-17,21H,2,4,6-7,9H2,1H3,(H,22,23)/b12-10+. The van der Waals surface area contributed by atoms with Crippen LogP contribution in [0.15, 0.2) is 29.8 Å². The summed E-state index contributed by atoms with van der Waals surface area (Å²) in [6.45, 7) is 2.03. The van der Waals surface area contributed by atoms with E-state index in [-0.39, 0.29) is 11.7 Å². The monoisotopic (exact) mass is 326 g/mol. The van der Waals surface area contributed by atoms with Gasteiger partial charge >= 0.3 is 5.97 Å². The van der Waals surface area contributed by atoms with Crippen molar-refractivity contribution in [1.82, 2.24) is 0 Å². The molecule has 0 spiro atoms. The van der Waals surface area contributed by atoms with E-state index in [9.17, 15) is 14.7 Å². The number of phenolic OH excluding ortho intramolecular Hbond substituents is 1. The molecule has 0 bridgehead atoms. The summed E-state index contributed by atoms with van der Waals surface area (Å²) in [6.07, 6.45) is 5.42. The van der Waals surface area contributed by atoms with Crippen LogP contribution in [-0.2, 0) is 16.0 Å². The van der Waals surface area contributed by atoms with Gasteiger partial charge < -0.3 is 10.2 Å². The lowest BCUT2D eigenvalue weighted by molar-refractivity contribution is -0.132. The Morgan fingerprint density at radius 1 is 1.33 bits per heavy atom. The molecule has 3 aliphatic carbocycles. The van der Waals surface area contributed by atoms with Crippen LogP contribution in [0.4, 0.5) is 0 Å². The molecule has 3 aliphatic rings. The third kappa shape index (κ3) is 2.12. The highest BCUT2D eigenvalue weighted by atomic mass is 16.4. The zero-order valence-electron chi connectivity index (χ0n) is 13.8. The number of aliphatic carboxylic acids is 1. The smallest absolute Gasteiger partial charge is 0.328 e. The average Bonchev–Trinajstić information content (AvgIpc) is 2.78. The van der Waals surface area contributed by atoms with E-state index in [2.05, 4.69) is 0 Å². The first-order chi connectivity index (χ1) is 11.4. The number of carboxylic acid groups (broad SMARTS) is 1. The normalized spacial score (nSPS) is 36.1. The third-order valence-electron chi connectivity index (χ3n) is 6.65. The molecule has 4 rings (SSSR count). The van der Waals surface area contributed by atoms with E-state index in [0.29, 0.717) is 29.6 Å². The number of aromatic hydroxyl groups is 1. The largest absolute Gasteiger partial charge is 0.508 e. The summed E-state index contributed by atoms with van der Waals surface area (Å²) in [5.74, 6) is 0.409. The van der Waals surface area contributed by atoms with Crippen LogP contribution in [0.3, 0.4) is 0 Å². The average molecular weight is 326 g/mol. The van der Waals surface area contributed by atoms with E-state index >= 15 is 0 Å². The summed E-state index contributed by atoms with van der Waals surface area (Å²) in [7, 11) is 0. The van der Waals surface area contributed by atoms with Crippen LogP contribution in [0, 0.1) is 17.3 Å². The molecular weight excluding hydrogens is 304 g/mol. The van der Waals surface area contributed by atoms with Crippen LogP contribution in [0.5, 0.6) is 5.75 Å². The van der Waals surface area contributed by atoms with Crippen molar-refractivity contribution >= 4 is 11.8 Å². The van der Waals surface area contributed by atoms with Gasteiger partial charge in [0.15, 0.2) is 5.78 Å². The summed E-state index contributed by atoms with van der Waals surface area (Å²) in [6, 6.07) is 5.66. The van der Waals surface area contributed by atoms with Crippen LogP contribution >= 0.6 is 0 Å². The zero-order valence-corrected chi connectivity index (χ0v) is 13.8. The number of hydrogen-bond acceptors (Lipinski definition) is 3. The Morgan fingerprint density at radius 2 is 2.12 bits per heavy atom. The van der Waals surface area contributed by atoms with Gasteiger partial charge in [0.05, 0.1) is 0 Å². The van der Waals surface area contributed by atoms with E-state index < -0.39 is 11.4 Å². The molecule has 1 aromatic rings. The molecule has 0 amide bonds. The van der Waals surface area contributed by atoms with Gasteiger partial charge in [-0.15, -0.1) is 0 Å². The molecule has 4 nitrogen and oxygen atoms in total. The highest BCUT2D eigenvalue weighted by molar-refractivity contribution is 6.06. The predicted molar refractivity (Wildman–Crippen MR) is 88.8 cm³/mol. The number of carboxylic acids is 1. The Morgan fingerprint density at radius 3 is 2.88 bits per heavy atom. The van der Waals surface area contributed by atoms with Crippen LogP contribution in [0.1, 0.15) is 49.7 Å². The van der Waals surface area contributed by atoms with Crippen LogP contribution in [0.25, 0.3) is 0 Å². The summed E-state index contributed by atoms with van der Waals surface area (Å²) < 4.78 is 0. The Bertz CT molecular complexity index is 763. The number of allylic oxidation sites excluding steroid dienone is 1. The van der Waals surface area contributed by atoms with Gasteiger partial charge in [0, 0.05) is 17.1 Å². The zero-order chi connectivity index (χ0) is 17.1. The lowest BCUT2D eigenvalue weighted by Gasteiger charge is -2.48. The molecule has 0 heterocycles. The molecule has 4 unspecified atom stereocenters. The Hall–Kier alpha value is -2.10. The second kappa shape index (κ2) is 5.20. The molecule has 0 aliphatic heterocycles. The summed E-state index contributed by atoms with van der Waals surface area (Å²) in [5, 5.41) is 18.8. The minimum atomic E-state index is -1.03. The van der Waals surface area contributed by atoms with Gasteiger partial charge in [-0.1, -0.05) is 13.0 Å². The van der Waals surface area contributed by atoms with Crippen LogP contribution in [0.2, 0.25) is 0 Å². The molecular formula is C20H22O4. The Balaban J connectivity index is 1.71. The number of Topliss-reactive ketones (excluding diaryl/α,β-unsaturated/α-hetero) is 1. The molecule has 126 valence electrons. The van der Waals surface area contributed by atoms with Gasteiger partial charge in [-0.3, -0.25) is 4.79 Å². The van der Waals surface area contributed by atoms with Gasteiger partial charge in [0.25, 0.3) is 0 Å². The number of aryl methyl sites for hydroxylation is 1. The van der Waals surface area contributed by atoms with E-state index in [0.717, 1.165) is 31.8 Å². The van der Waals surface area contributed by atoms with E-state index in [1.807, 2.05) is 19.1 Å². The number of ketones is 1. The first kappa shape index (κ1) is 15.4. The molecule has 24 heavy (non-hydrogen) atoms. The topological polar surface area (TPSA) is 74.6 Å². The minimum absolute atomic E-state index is 0.0462. The fraction of sp³-hybridized carbons (Fsp3) is 0.500. The number of carbonyl (C=O) groups is 2. The summed E-state index contributed by atoms with van der Waals surface area (Å²) in [5.41, 5.74) is 2.63. The summed E-state index contributed by atoms with van der Waals surface area (Å²) >= 11 is 0. The molecule has 0 aromatic heterocycles. The molecule has 0 saturated heterocycles. The summed E-state index contributed by atoms with van der Waals surface area (Å²) in [4.78, 5) is 23.8. The maximum atomic E-state index is 12.8. The van der Waals surface area contributed by atoms with Crippen molar-refractivity contribution in [1.29, 1.82) is 0 Å². The van der Waals surface area contributed by atoms with Gasteiger partial charge in [-0.2, -0.15) is 0 Å². The number of hydrogen-bond donors (Lipinski definition) is 2. The molecule has 0 radical (unpaired) electrons. The van der Waals surface area contributed by atoms with Crippen molar-refractivity contribution in [2.24, 2.45) is 17.3 Å². The number of fused-ring (bicyclic) bond motifs is 5. The number of phenols is 1. The molecule has 2 N–H and O–H groups in total. The van der Waals surface area contributed by atoms with Gasteiger partial charge in [-0.25, -0.2) is 4.79 Å². The maximum Gasteiger partial charge on any atom is 0.328 e. The number of rotatable bonds is 1. The van der Waals surface area contributed by atoms with E-state index in [1.54, 1.807) is 6.07 Å². The predicted octanol–water partition coefficient (Wildman–Crippen LogP) is 3.44. The van der Waals surface area contributed by atoms with Crippen molar-refractivity contribution in [2.45, 2.75) is 44.9 Å². The highest BCUT2D eigenvalue weighted by Crippen LogP contribution is 2.60. The fourth-order valence-corrected chi connectivity index (χ4v) is 5.52. The number of benzene rings is 1. The molecule has 2 fully saturated rings. The molecule has 2 saturated carbocycles. The van der Waals surface area contributed by atoms with Crippen molar-refractivity contribution in [3.63, 3.8) is 0 Å². The van der Waals surface area contributed by atoms with Crippen molar-refractivity contribution in [3.8, 4) is 5.75 Å².